The number of halogens is 2. The molecule has 1 N–H and O–H groups in total. The van der Waals surface area contributed by atoms with Crippen LogP contribution in [0.3, 0.4) is 0 Å². The van der Waals surface area contributed by atoms with Gasteiger partial charge in [0.05, 0.1) is 0 Å². The highest BCUT2D eigenvalue weighted by molar-refractivity contribution is 7.92. The van der Waals surface area contributed by atoms with E-state index in [0.717, 1.165) is 50.5 Å². The lowest BCUT2D eigenvalue weighted by atomic mass is 10.2. The number of nitrogens with zero attached hydrogens (tertiary/aromatic N) is 2. The molecule has 1 saturated heterocycles. The summed E-state index contributed by atoms with van der Waals surface area (Å²) >= 11 is 5.67. The molecule has 0 atom stereocenters. The number of likely N-dealkylation sites (N-methyl/N-ethyl adjacent to an activating group) is 1. The van der Waals surface area contributed by atoms with E-state index in [4.69, 9.17) is 11.6 Å². The molecule has 0 spiro atoms. The van der Waals surface area contributed by atoms with E-state index >= 15 is 0 Å². The van der Waals surface area contributed by atoms with Crippen molar-refractivity contribution in [1.29, 1.82) is 0 Å². The second kappa shape index (κ2) is 7.82. The van der Waals surface area contributed by atoms with Crippen molar-refractivity contribution in [3.05, 3.63) is 53.3 Å². The summed E-state index contributed by atoms with van der Waals surface area (Å²) in [7, 11) is -4.01. The van der Waals surface area contributed by atoms with Gasteiger partial charge in [-0.1, -0.05) is 18.5 Å². The van der Waals surface area contributed by atoms with Gasteiger partial charge in [0.2, 0.25) is 0 Å². The predicted molar refractivity (Wildman–Crippen MR) is 103 cm³/mol. The van der Waals surface area contributed by atoms with Crippen LogP contribution in [0.2, 0.25) is 5.02 Å². The molecule has 2 aromatic rings. The van der Waals surface area contributed by atoms with Crippen LogP contribution >= 0.6 is 11.6 Å². The molecule has 8 heteroatoms. The molecule has 0 amide bonds. The van der Waals surface area contributed by atoms with Gasteiger partial charge < -0.3 is 9.80 Å². The Kier molecular flexibility index (Phi) is 5.70. The van der Waals surface area contributed by atoms with Gasteiger partial charge in [0.1, 0.15) is 10.7 Å². The molecule has 0 aliphatic carbocycles. The molecule has 1 aliphatic rings. The van der Waals surface area contributed by atoms with E-state index in [1.807, 2.05) is 12.1 Å². The van der Waals surface area contributed by atoms with Crippen LogP contribution in [-0.2, 0) is 10.0 Å². The van der Waals surface area contributed by atoms with E-state index in [-0.39, 0.29) is 5.02 Å². The van der Waals surface area contributed by atoms with Crippen LogP contribution in [0.5, 0.6) is 0 Å². The largest absolute Gasteiger partial charge is 0.369 e. The number of sulfonamides is 1. The Morgan fingerprint density at radius 1 is 1.08 bits per heavy atom. The normalized spacial score (nSPS) is 15.9. The van der Waals surface area contributed by atoms with Crippen molar-refractivity contribution in [1.82, 2.24) is 4.90 Å². The minimum absolute atomic E-state index is 0.147. The molecule has 1 fully saturated rings. The van der Waals surface area contributed by atoms with Gasteiger partial charge in [0.15, 0.2) is 0 Å². The van der Waals surface area contributed by atoms with Gasteiger partial charge in [0, 0.05) is 42.6 Å². The van der Waals surface area contributed by atoms with Crippen molar-refractivity contribution in [2.24, 2.45) is 0 Å². The molecule has 5 nitrogen and oxygen atoms in total. The van der Waals surface area contributed by atoms with E-state index in [0.29, 0.717) is 5.69 Å². The SMILES string of the molecule is CCN1CCN(c2ccc(NS(=O)(=O)c3ccc(Cl)cc3F)cc2)CC1. The molecule has 0 radical (unpaired) electrons. The van der Waals surface area contributed by atoms with Crippen LogP contribution in [0.15, 0.2) is 47.4 Å². The summed E-state index contributed by atoms with van der Waals surface area (Å²) in [5.41, 5.74) is 1.43. The van der Waals surface area contributed by atoms with E-state index in [2.05, 4.69) is 21.4 Å². The fourth-order valence-corrected chi connectivity index (χ4v) is 4.24. The third-order valence-corrected chi connectivity index (χ3v) is 6.14. The first-order chi connectivity index (χ1) is 12.4. The maximum absolute atomic E-state index is 13.9. The molecule has 26 heavy (non-hydrogen) atoms. The maximum Gasteiger partial charge on any atom is 0.264 e. The molecular weight excluding hydrogens is 377 g/mol. The van der Waals surface area contributed by atoms with Gasteiger partial charge >= 0.3 is 0 Å². The highest BCUT2D eigenvalue weighted by atomic mass is 35.5. The molecule has 2 aromatic carbocycles. The lowest BCUT2D eigenvalue weighted by molar-refractivity contribution is 0.271. The van der Waals surface area contributed by atoms with Crippen molar-refractivity contribution < 1.29 is 12.8 Å². The zero-order chi connectivity index (χ0) is 18.7. The number of nitrogens with one attached hydrogen (secondary N) is 1. The number of anilines is 2. The minimum Gasteiger partial charge on any atom is -0.369 e. The highest BCUT2D eigenvalue weighted by Crippen LogP contribution is 2.24. The zero-order valence-electron chi connectivity index (χ0n) is 14.5. The Morgan fingerprint density at radius 2 is 1.73 bits per heavy atom. The van der Waals surface area contributed by atoms with Crippen LogP contribution < -0.4 is 9.62 Å². The van der Waals surface area contributed by atoms with Crippen LogP contribution in [0, 0.1) is 5.82 Å². The molecule has 140 valence electrons. The van der Waals surface area contributed by atoms with Crippen molar-refractivity contribution in [2.45, 2.75) is 11.8 Å². The lowest BCUT2D eigenvalue weighted by Crippen LogP contribution is -2.46. The summed E-state index contributed by atoms with van der Waals surface area (Å²) in [6, 6.07) is 10.6. The number of hydrogen-bond donors (Lipinski definition) is 1. The number of piperazine rings is 1. The molecule has 1 heterocycles. The number of benzene rings is 2. The van der Waals surface area contributed by atoms with Gasteiger partial charge in [-0.25, -0.2) is 12.8 Å². The van der Waals surface area contributed by atoms with Crippen molar-refractivity contribution in [3.8, 4) is 0 Å². The maximum atomic E-state index is 13.9. The predicted octanol–water partition coefficient (Wildman–Crippen LogP) is 3.42. The summed E-state index contributed by atoms with van der Waals surface area (Å²) in [6.45, 7) is 7.11. The molecule has 0 aromatic heterocycles. The highest BCUT2D eigenvalue weighted by Gasteiger charge is 2.20. The first-order valence-corrected chi connectivity index (χ1v) is 10.3. The summed E-state index contributed by atoms with van der Waals surface area (Å²) in [5.74, 6) is -0.879. The fraction of sp³-hybridized carbons (Fsp3) is 0.333. The quantitative estimate of drug-likeness (QED) is 0.839. The Balaban J connectivity index is 1.71. The second-order valence-electron chi connectivity index (χ2n) is 6.15. The minimum atomic E-state index is -4.01. The first-order valence-electron chi connectivity index (χ1n) is 8.44. The molecular formula is C18H21ClFN3O2S. The Labute approximate surface area is 158 Å². The van der Waals surface area contributed by atoms with Gasteiger partial charge in [-0.2, -0.15) is 0 Å². The van der Waals surface area contributed by atoms with Crippen LogP contribution in [0.4, 0.5) is 15.8 Å². The van der Waals surface area contributed by atoms with Gasteiger partial charge in [-0.15, -0.1) is 0 Å². The summed E-state index contributed by atoms with van der Waals surface area (Å²) in [6.07, 6.45) is 0. The number of hydrogen-bond acceptors (Lipinski definition) is 4. The smallest absolute Gasteiger partial charge is 0.264 e. The van der Waals surface area contributed by atoms with Crippen molar-refractivity contribution in [2.75, 3.05) is 42.3 Å². The van der Waals surface area contributed by atoms with E-state index in [9.17, 15) is 12.8 Å². The lowest BCUT2D eigenvalue weighted by Gasteiger charge is -2.35. The standard InChI is InChI=1S/C18H21ClFN3O2S/c1-2-22-9-11-23(12-10-22)16-6-4-15(5-7-16)21-26(24,25)18-8-3-14(19)13-17(18)20/h3-8,13,21H,2,9-12H2,1H3. The fourth-order valence-electron chi connectivity index (χ4n) is 2.97. The summed E-state index contributed by atoms with van der Waals surface area (Å²) in [5, 5.41) is 0.147. The number of rotatable bonds is 5. The Bertz CT molecular complexity index is 867. The van der Waals surface area contributed by atoms with Gasteiger partial charge in [-0.05, 0) is 49.0 Å². The Morgan fingerprint density at radius 3 is 2.31 bits per heavy atom. The first kappa shape index (κ1) is 18.9. The molecule has 0 saturated carbocycles. The monoisotopic (exact) mass is 397 g/mol. The van der Waals surface area contributed by atoms with Crippen LogP contribution in [0.25, 0.3) is 0 Å². The summed E-state index contributed by atoms with van der Waals surface area (Å²) < 4.78 is 41.1. The molecule has 0 bridgehead atoms. The van der Waals surface area contributed by atoms with Gasteiger partial charge in [0.25, 0.3) is 10.0 Å². The average molecular weight is 398 g/mol. The second-order valence-corrected chi connectivity index (χ2v) is 8.24. The average Bonchev–Trinajstić information content (AvgIpc) is 2.62. The van der Waals surface area contributed by atoms with E-state index in [1.165, 1.54) is 6.07 Å². The van der Waals surface area contributed by atoms with Crippen LogP contribution in [0.1, 0.15) is 6.92 Å². The molecule has 3 rings (SSSR count). The van der Waals surface area contributed by atoms with Crippen LogP contribution in [-0.4, -0.2) is 46.0 Å². The Hall–Kier alpha value is -1.83. The van der Waals surface area contributed by atoms with Crippen molar-refractivity contribution in [3.63, 3.8) is 0 Å². The topological polar surface area (TPSA) is 52.6 Å². The zero-order valence-corrected chi connectivity index (χ0v) is 16.0. The molecule has 0 unspecified atom stereocenters. The summed E-state index contributed by atoms with van der Waals surface area (Å²) in [4.78, 5) is 4.23. The van der Waals surface area contributed by atoms with Gasteiger partial charge in [-0.3, -0.25) is 4.72 Å². The van der Waals surface area contributed by atoms with E-state index in [1.54, 1.807) is 12.1 Å². The third kappa shape index (κ3) is 4.28. The van der Waals surface area contributed by atoms with Crippen molar-refractivity contribution >= 4 is 33.0 Å². The third-order valence-electron chi connectivity index (χ3n) is 4.49. The molecule has 1 aliphatic heterocycles. The van der Waals surface area contributed by atoms with E-state index < -0.39 is 20.7 Å².